The van der Waals surface area contributed by atoms with Crippen molar-refractivity contribution in [2.75, 3.05) is 23.7 Å². The molecule has 0 bridgehead atoms. The molecule has 0 spiro atoms. The van der Waals surface area contributed by atoms with Crippen LogP contribution in [-0.2, 0) is 26.2 Å². The van der Waals surface area contributed by atoms with E-state index < -0.39 is 16.1 Å². The van der Waals surface area contributed by atoms with Gasteiger partial charge in [0.25, 0.3) is 0 Å². The first-order valence-corrected chi connectivity index (χ1v) is 14.9. The van der Waals surface area contributed by atoms with Gasteiger partial charge in [-0.25, -0.2) is 8.42 Å². The van der Waals surface area contributed by atoms with E-state index in [1.807, 2.05) is 38.1 Å². The lowest BCUT2D eigenvalue weighted by atomic mass is 10.1. The van der Waals surface area contributed by atoms with E-state index in [-0.39, 0.29) is 43.7 Å². The maximum Gasteiger partial charge on any atom is 0.242 e. The molecular formula is C26H35BrClN3O4S. The number of carbonyl (C=O) groups is 2. The second-order valence-electron chi connectivity index (χ2n) is 9.29. The van der Waals surface area contributed by atoms with Crippen molar-refractivity contribution in [1.29, 1.82) is 0 Å². The molecule has 0 aliphatic heterocycles. The van der Waals surface area contributed by atoms with Crippen molar-refractivity contribution in [2.24, 2.45) is 5.92 Å². The number of benzene rings is 2. The van der Waals surface area contributed by atoms with Crippen molar-refractivity contribution in [3.8, 4) is 0 Å². The summed E-state index contributed by atoms with van der Waals surface area (Å²) in [5.74, 6) is -0.162. The summed E-state index contributed by atoms with van der Waals surface area (Å²) in [5, 5.41) is 3.37. The number of amides is 2. The Labute approximate surface area is 228 Å². The van der Waals surface area contributed by atoms with E-state index in [1.54, 1.807) is 36.9 Å². The minimum Gasteiger partial charge on any atom is -0.354 e. The highest BCUT2D eigenvalue weighted by atomic mass is 79.9. The average Bonchev–Trinajstić information content (AvgIpc) is 2.79. The molecule has 0 fully saturated rings. The largest absolute Gasteiger partial charge is 0.354 e. The summed E-state index contributed by atoms with van der Waals surface area (Å²) in [6.45, 7) is 8.38. The van der Waals surface area contributed by atoms with Crippen LogP contribution in [0, 0.1) is 12.8 Å². The third-order valence-electron chi connectivity index (χ3n) is 5.75. The van der Waals surface area contributed by atoms with Gasteiger partial charge in [-0.3, -0.25) is 13.9 Å². The summed E-state index contributed by atoms with van der Waals surface area (Å²) < 4.78 is 27.2. The number of nitrogens with zero attached hydrogens (tertiary/aromatic N) is 2. The van der Waals surface area contributed by atoms with Gasteiger partial charge in [-0.15, -0.1) is 0 Å². The predicted molar refractivity (Wildman–Crippen MR) is 150 cm³/mol. The molecule has 0 aromatic heterocycles. The Morgan fingerprint density at radius 1 is 1.11 bits per heavy atom. The Balaban J connectivity index is 2.20. The normalized spacial score (nSPS) is 12.3. The molecule has 198 valence electrons. The second-order valence-corrected chi connectivity index (χ2v) is 12.5. The molecule has 1 N–H and O–H groups in total. The highest BCUT2D eigenvalue weighted by Crippen LogP contribution is 2.28. The zero-order valence-electron chi connectivity index (χ0n) is 21.4. The number of hydrogen-bond donors (Lipinski definition) is 1. The molecule has 0 aliphatic rings. The summed E-state index contributed by atoms with van der Waals surface area (Å²) in [4.78, 5) is 27.7. The van der Waals surface area contributed by atoms with Crippen molar-refractivity contribution >= 4 is 55.1 Å². The average molecular weight is 601 g/mol. The SMILES string of the molecule is Cc1c(Cl)cccc1N(CCCC(=O)N(Cc1cccc(Br)c1)[C@H](C)C(=O)NCC(C)C)S(C)(=O)=O. The topological polar surface area (TPSA) is 86.8 Å². The van der Waals surface area contributed by atoms with Crippen LogP contribution >= 0.6 is 27.5 Å². The van der Waals surface area contributed by atoms with Crippen molar-refractivity contribution in [2.45, 2.75) is 53.1 Å². The number of hydrogen-bond acceptors (Lipinski definition) is 4. The Morgan fingerprint density at radius 3 is 2.39 bits per heavy atom. The minimum atomic E-state index is -3.59. The lowest BCUT2D eigenvalue weighted by Crippen LogP contribution is -2.48. The second kappa shape index (κ2) is 13.4. The fraction of sp³-hybridized carbons (Fsp3) is 0.462. The number of halogens is 2. The zero-order chi connectivity index (χ0) is 27.0. The predicted octanol–water partition coefficient (Wildman–Crippen LogP) is 5.15. The number of nitrogens with one attached hydrogen (secondary N) is 1. The first kappa shape index (κ1) is 30.1. The van der Waals surface area contributed by atoms with Crippen LogP contribution in [0.4, 0.5) is 5.69 Å². The van der Waals surface area contributed by atoms with E-state index in [0.29, 0.717) is 22.8 Å². The summed E-state index contributed by atoms with van der Waals surface area (Å²) >= 11 is 9.66. The van der Waals surface area contributed by atoms with Crippen LogP contribution in [0.1, 0.15) is 44.7 Å². The molecule has 0 radical (unpaired) electrons. The Hall–Kier alpha value is -2.10. The number of carbonyl (C=O) groups excluding carboxylic acids is 2. The minimum absolute atomic E-state index is 0.0848. The third-order valence-corrected chi connectivity index (χ3v) is 7.84. The number of rotatable bonds is 12. The molecule has 36 heavy (non-hydrogen) atoms. The van der Waals surface area contributed by atoms with E-state index in [2.05, 4.69) is 21.2 Å². The zero-order valence-corrected chi connectivity index (χ0v) is 24.6. The summed E-state index contributed by atoms with van der Waals surface area (Å²) in [7, 11) is -3.59. The van der Waals surface area contributed by atoms with E-state index >= 15 is 0 Å². The van der Waals surface area contributed by atoms with Crippen molar-refractivity contribution < 1.29 is 18.0 Å². The molecule has 2 aromatic rings. The molecular weight excluding hydrogens is 566 g/mol. The molecule has 0 aliphatic carbocycles. The highest BCUT2D eigenvalue weighted by molar-refractivity contribution is 9.10. The van der Waals surface area contributed by atoms with E-state index in [0.717, 1.165) is 16.3 Å². The Kier molecular flexibility index (Phi) is 11.3. The lowest BCUT2D eigenvalue weighted by Gasteiger charge is -2.30. The monoisotopic (exact) mass is 599 g/mol. The van der Waals surface area contributed by atoms with Crippen LogP contribution in [0.15, 0.2) is 46.9 Å². The van der Waals surface area contributed by atoms with E-state index in [4.69, 9.17) is 11.6 Å². The maximum atomic E-state index is 13.4. The van der Waals surface area contributed by atoms with Gasteiger partial charge >= 0.3 is 0 Å². The van der Waals surface area contributed by atoms with Crippen LogP contribution in [0.3, 0.4) is 0 Å². The molecule has 0 saturated heterocycles. The smallest absolute Gasteiger partial charge is 0.242 e. The van der Waals surface area contributed by atoms with Gasteiger partial charge in [0.1, 0.15) is 6.04 Å². The van der Waals surface area contributed by atoms with Gasteiger partial charge in [-0.05, 0) is 61.6 Å². The van der Waals surface area contributed by atoms with E-state index in [9.17, 15) is 18.0 Å². The number of sulfonamides is 1. The first-order valence-electron chi connectivity index (χ1n) is 11.9. The van der Waals surface area contributed by atoms with Gasteiger partial charge in [-0.2, -0.15) is 0 Å². The van der Waals surface area contributed by atoms with Crippen LogP contribution in [0.5, 0.6) is 0 Å². The molecule has 1 atom stereocenters. The highest BCUT2D eigenvalue weighted by Gasteiger charge is 2.27. The molecule has 0 unspecified atom stereocenters. The van der Waals surface area contributed by atoms with Crippen LogP contribution in [-0.4, -0.2) is 50.5 Å². The molecule has 0 heterocycles. The molecule has 0 saturated carbocycles. The van der Waals surface area contributed by atoms with Gasteiger partial charge in [0.15, 0.2) is 0 Å². The van der Waals surface area contributed by atoms with Crippen molar-refractivity contribution in [3.63, 3.8) is 0 Å². The summed E-state index contributed by atoms with van der Waals surface area (Å²) in [6, 6.07) is 12.0. The molecule has 2 aromatic carbocycles. The van der Waals surface area contributed by atoms with Crippen molar-refractivity contribution in [1.82, 2.24) is 10.2 Å². The van der Waals surface area contributed by atoms with Crippen LogP contribution in [0.25, 0.3) is 0 Å². The molecule has 10 heteroatoms. The van der Waals surface area contributed by atoms with Crippen LogP contribution < -0.4 is 9.62 Å². The first-order chi connectivity index (χ1) is 16.8. The van der Waals surface area contributed by atoms with Gasteiger partial charge in [0.05, 0.1) is 11.9 Å². The van der Waals surface area contributed by atoms with Gasteiger partial charge < -0.3 is 10.2 Å². The summed E-state index contributed by atoms with van der Waals surface area (Å²) in [5.41, 5.74) is 2.03. The molecule has 2 amide bonds. The fourth-order valence-corrected chi connectivity index (χ4v) is 5.35. The van der Waals surface area contributed by atoms with Crippen LogP contribution in [0.2, 0.25) is 5.02 Å². The molecule has 2 rings (SSSR count). The summed E-state index contributed by atoms with van der Waals surface area (Å²) in [6.07, 6.45) is 1.50. The third kappa shape index (κ3) is 8.78. The van der Waals surface area contributed by atoms with E-state index in [1.165, 1.54) is 4.31 Å². The molecule has 7 nitrogen and oxygen atoms in total. The van der Waals surface area contributed by atoms with Crippen molar-refractivity contribution in [3.05, 3.63) is 63.1 Å². The van der Waals surface area contributed by atoms with Gasteiger partial charge in [0.2, 0.25) is 21.8 Å². The Morgan fingerprint density at radius 2 is 1.78 bits per heavy atom. The maximum absolute atomic E-state index is 13.4. The standard InChI is InChI=1S/C26H35BrClN3O4S/c1-18(2)16-29-26(33)20(4)30(17-21-9-6-10-22(27)15-21)25(32)13-8-14-31(36(5,34)35)24-12-7-11-23(28)19(24)3/h6-7,9-12,15,18,20H,8,13-14,16-17H2,1-5H3,(H,29,33)/t20-/m1/s1. The van der Waals surface area contributed by atoms with Gasteiger partial charge in [-0.1, -0.05) is 59.6 Å². The fourth-order valence-electron chi connectivity index (χ4n) is 3.72. The quantitative estimate of drug-likeness (QED) is 0.365. The Bertz CT molecular complexity index is 1170. The van der Waals surface area contributed by atoms with Gasteiger partial charge in [0, 0.05) is 35.6 Å². The lowest BCUT2D eigenvalue weighted by molar-refractivity contribution is -0.140. The number of anilines is 1.